The van der Waals surface area contributed by atoms with Crippen molar-refractivity contribution in [2.24, 2.45) is 16.8 Å². The molecule has 0 spiro atoms. The number of thiazole rings is 1. The normalized spacial score (nSPS) is 21.8. The van der Waals surface area contributed by atoms with E-state index in [1.807, 2.05) is 0 Å². The van der Waals surface area contributed by atoms with E-state index in [-0.39, 0.29) is 0 Å². The van der Waals surface area contributed by atoms with Gasteiger partial charge in [-0.3, -0.25) is 4.99 Å². The molecule has 5 nitrogen and oxygen atoms in total. The number of rotatable bonds is 9. The molecule has 1 aromatic heterocycles. The van der Waals surface area contributed by atoms with Gasteiger partial charge in [0.15, 0.2) is 5.96 Å². The predicted molar refractivity (Wildman–Crippen MR) is 113 cm³/mol. The van der Waals surface area contributed by atoms with Crippen LogP contribution >= 0.6 is 11.3 Å². The minimum atomic E-state index is 0.850. The highest BCUT2D eigenvalue weighted by Crippen LogP contribution is 2.20. The van der Waals surface area contributed by atoms with Crippen molar-refractivity contribution >= 4 is 17.3 Å². The number of aromatic nitrogens is 1. The molecule has 2 atom stereocenters. The molecule has 0 aliphatic carbocycles. The summed E-state index contributed by atoms with van der Waals surface area (Å²) in [4.78, 5) is 11.9. The van der Waals surface area contributed by atoms with Crippen LogP contribution in [0.2, 0.25) is 0 Å². The summed E-state index contributed by atoms with van der Waals surface area (Å²) in [6.07, 6.45) is 4.72. The van der Waals surface area contributed by atoms with Crippen LogP contribution in [0.3, 0.4) is 0 Å². The van der Waals surface area contributed by atoms with Gasteiger partial charge in [-0.15, -0.1) is 11.3 Å². The van der Waals surface area contributed by atoms with Crippen molar-refractivity contribution in [3.05, 3.63) is 16.1 Å². The van der Waals surface area contributed by atoms with E-state index in [0.29, 0.717) is 0 Å². The Morgan fingerprint density at radius 2 is 2.04 bits per heavy atom. The lowest BCUT2D eigenvalue weighted by atomic mass is 9.92. The number of guanidine groups is 1. The van der Waals surface area contributed by atoms with Crippen LogP contribution in [0.1, 0.15) is 50.7 Å². The molecule has 1 aliphatic rings. The molecule has 2 heterocycles. The zero-order chi connectivity index (χ0) is 18.8. The van der Waals surface area contributed by atoms with Gasteiger partial charge in [0.1, 0.15) is 0 Å². The Labute approximate surface area is 163 Å². The Bertz CT molecular complexity index is 532. The highest BCUT2D eigenvalue weighted by molar-refractivity contribution is 7.09. The fourth-order valence-electron chi connectivity index (χ4n) is 3.79. The lowest BCUT2D eigenvalue weighted by molar-refractivity contribution is 0.139. The van der Waals surface area contributed by atoms with Crippen LogP contribution in [-0.2, 0) is 6.42 Å². The predicted octanol–water partition coefficient (Wildman–Crippen LogP) is 3.31. The van der Waals surface area contributed by atoms with Crippen LogP contribution in [0.5, 0.6) is 0 Å². The van der Waals surface area contributed by atoms with E-state index in [1.165, 1.54) is 38.2 Å². The Morgan fingerprint density at radius 3 is 2.69 bits per heavy atom. The molecule has 2 rings (SSSR count). The summed E-state index contributed by atoms with van der Waals surface area (Å²) < 4.78 is 0. The van der Waals surface area contributed by atoms with Gasteiger partial charge in [-0.05, 0) is 51.5 Å². The largest absolute Gasteiger partial charge is 0.357 e. The van der Waals surface area contributed by atoms with E-state index >= 15 is 0 Å². The first-order chi connectivity index (χ1) is 12.6. The van der Waals surface area contributed by atoms with Crippen LogP contribution in [0.15, 0.2) is 10.4 Å². The Hall–Kier alpha value is -1.14. The summed E-state index contributed by atoms with van der Waals surface area (Å²) in [6, 6.07) is 0. The average Bonchev–Trinajstić information content (AvgIpc) is 2.99. The zero-order valence-corrected chi connectivity index (χ0v) is 17.9. The van der Waals surface area contributed by atoms with Crippen molar-refractivity contribution in [1.29, 1.82) is 0 Å². The third-order valence-electron chi connectivity index (χ3n) is 4.78. The van der Waals surface area contributed by atoms with Crippen LogP contribution in [0, 0.1) is 18.8 Å². The van der Waals surface area contributed by atoms with Crippen molar-refractivity contribution in [2.75, 3.05) is 39.3 Å². The summed E-state index contributed by atoms with van der Waals surface area (Å²) in [5.74, 6) is 2.63. The number of aryl methyl sites for hydroxylation is 1. The van der Waals surface area contributed by atoms with Crippen molar-refractivity contribution in [1.82, 2.24) is 20.5 Å². The number of likely N-dealkylation sites (tertiary alicyclic amines) is 1. The molecule has 148 valence electrons. The molecule has 2 unspecified atom stereocenters. The molecule has 0 saturated carbocycles. The molecule has 1 aromatic rings. The molecular weight excluding hydrogens is 342 g/mol. The Balaban J connectivity index is 1.62. The second-order valence-electron chi connectivity index (χ2n) is 7.71. The number of hydrogen-bond donors (Lipinski definition) is 2. The standard InChI is InChI=1S/C20H37N5S/c1-5-21-20(23-10-8-19-15-26-18(4)24-19)22-9-6-7-11-25-13-16(2)12-17(3)14-25/h15-17H,5-14H2,1-4H3,(H2,21,22,23). The maximum absolute atomic E-state index is 4.72. The SMILES string of the molecule is CCNC(=NCCCCN1CC(C)CC(C)C1)NCCc1csc(C)n1. The number of unbranched alkanes of at least 4 members (excludes halogenated alkanes) is 1. The smallest absolute Gasteiger partial charge is 0.191 e. The van der Waals surface area contributed by atoms with E-state index in [4.69, 9.17) is 4.99 Å². The molecule has 0 radical (unpaired) electrons. The number of nitrogens with one attached hydrogen (secondary N) is 2. The zero-order valence-electron chi connectivity index (χ0n) is 17.1. The van der Waals surface area contributed by atoms with Crippen molar-refractivity contribution in [3.8, 4) is 0 Å². The maximum Gasteiger partial charge on any atom is 0.191 e. The fourth-order valence-corrected chi connectivity index (χ4v) is 4.43. The summed E-state index contributed by atoms with van der Waals surface area (Å²) in [7, 11) is 0. The van der Waals surface area contributed by atoms with Gasteiger partial charge in [-0.1, -0.05) is 13.8 Å². The highest BCUT2D eigenvalue weighted by atomic mass is 32.1. The van der Waals surface area contributed by atoms with E-state index in [1.54, 1.807) is 11.3 Å². The maximum atomic E-state index is 4.72. The molecule has 0 amide bonds. The van der Waals surface area contributed by atoms with Gasteiger partial charge < -0.3 is 15.5 Å². The molecule has 0 aromatic carbocycles. The van der Waals surface area contributed by atoms with Crippen molar-refractivity contribution < 1.29 is 0 Å². The first-order valence-electron chi connectivity index (χ1n) is 10.2. The van der Waals surface area contributed by atoms with E-state index in [9.17, 15) is 0 Å². The first kappa shape index (κ1) is 21.2. The van der Waals surface area contributed by atoms with Gasteiger partial charge in [0, 0.05) is 44.5 Å². The van der Waals surface area contributed by atoms with Crippen LogP contribution in [-0.4, -0.2) is 55.1 Å². The van der Waals surface area contributed by atoms with Gasteiger partial charge in [0.2, 0.25) is 0 Å². The number of hydrogen-bond acceptors (Lipinski definition) is 4. The second-order valence-corrected chi connectivity index (χ2v) is 8.77. The third kappa shape index (κ3) is 8.04. The molecule has 6 heteroatoms. The molecule has 0 bridgehead atoms. The van der Waals surface area contributed by atoms with Crippen molar-refractivity contribution in [2.45, 2.75) is 53.4 Å². The second kappa shape index (κ2) is 11.5. The Morgan fingerprint density at radius 1 is 1.27 bits per heavy atom. The summed E-state index contributed by atoms with van der Waals surface area (Å²) in [5, 5.41) is 10.0. The Kier molecular flexibility index (Phi) is 9.40. The van der Waals surface area contributed by atoms with Gasteiger partial charge in [0.25, 0.3) is 0 Å². The summed E-state index contributed by atoms with van der Waals surface area (Å²) in [6.45, 7) is 15.4. The third-order valence-corrected chi connectivity index (χ3v) is 5.60. The average molecular weight is 380 g/mol. The van der Waals surface area contributed by atoms with Gasteiger partial charge >= 0.3 is 0 Å². The van der Waals surface area contributed by atoms with E-state index in [0.717, 1.165) is 55.3 Å². The van der Waals surface area contributed by atoms with Gasteiger partial charge in [-0.2, -0.15) is 0 Å². The molecule has 2 N–H and O–H groups in total. The number of aliphatic imine (C=N–C) groups is 1. The first-order valence-corrected chi connectivity index (χ1v) is 11.1. The van der Waals surface area contributed by atoms with Crippen molar-refractivity contribution in [3.63, 3.8) is 0 Å². The van der Waals surface area contributed by atoms with Crippen LogP contribution in [0.4, 0.5) is 0 Å². The summed E-state index contributed by atoms with van der Waals surface area (Å²) >= 11 is 1.72. The van der Waals surface area contributed by atoms with Crippen LogP contribution < -0.4 is 10.6 Å². The van der Waals surface area contributed by atoms with Gasteiger partial charge in [0.05, 0.1) is 10.7 Å². The number of piperidine rings is 1. The molecule has 1 aliphatic heterocycles. The van der Waals surface area contributed by atoms with E-state index < -0.39 is 0 Å². The molecule has 1 fully saturated rings. The van der Waals surface area contributed by atoms with E-state index in [2.05, 4.69) is 53.6 Å². The van der Waals surface area contributed by atoms with Gasteiger partial charge in [-0.25, -0.2) is 4.98 Å². The topological polar surface area (TPSA) is 52.6 Å². The lowest BCUT2D eigenvalue weighted by Gasteiger charge is -2.34. The fraction of sp³-hybridized carbons (Fsp3) is 0.800. The molecule has 26 heavy (non-hydrogen) atoms. The number of nitrogens with zero attached hydrogens (tertiary/aromatic N) is 3. The minimum Gasteiger partial charge on any atom is -0.357 e. The lowest BCUT2D eigenvalue weighted by Crippen LogP contribution is -2.39. The highest BCUT2D eigenvalue weighted by Gasteiger charge is 2.20. The minimum absolute atomic E-state index is 0.850. The van der Waals surface area contributed by atoms with Crippen LogP contribution in [0.25, 0.3) is 0 Å². The summed E-state index contributed by atoms with van der Waals surface area (Å²) in [5.41, 5.74) is 1.17. The molecular formula is C20H37N5S. The quantitative estimate of drug-likeness (QED) is 0.393. The molecule has 1 saturated heterocycles. The monoisotopic (exact) mass is 379 g/mol.